The van der Waals surface area contributed by atoms with Crippen molar-refractivity contribution in [1.82, 2.24) is 19.9 Å². The number of hydrogen-bond donors (Lipinski definition) is 1. The van der Waals surface area contributed by atoms with Gasteiger partial charge >= 0.3 is 0 Å². The summed E-state index contributed by atoms with van der Waals surface area (Å²) >= 11 is 1.68. The number of amides is 1. The average molecular weight is 477 g/mol. The minimum absolute atomic E-state index is 0.0746. The zero-order chi connectivity index (χ0) is 23.8. The number of fused-ring (bicyclic) bond motifs is 1. The first-order chi connectivity index (χ1) is 16.7. The number of pyridine rings is 1. The Morgan fingerprint density at radius 1 is 1.09 bits per heavy atom. The van der Waals surface area contributed by atoms with Gasteiger partial charge in [-0.3, -0.25) is 9.78 Å². The van der Waals surface area contributed by atoms with Crippen molar-refractivity contribution in [3.8, 4) is 5.75 Å². The predicted molar refractivity (Wildman–Crippen MR) is 134 cm³/mol. The SMILES string of the molecule is COCCCNC(=O)c1ccc(Cn2c(SCc3cccc(OC)c3)nc3ccncc32)cc1. The summed E-state index contributed by atoms with van der Waals surface area (Å²) in [6, 6.07) is 17.7. The molecule has 1 amide bonds. The zero-order valence-electron chi connectivity index (χ0n) is 19.4. The standard InChI is InChI=1S/C26H28N4O3S/c1-32-14-4-12-28-25(31)21-9-7-19(8-10-21)17-30-24-16-27-13-11-23(24)29-26(30)34-18-20-5-3-6-22(15-20)33-2/h3,5-11,13,15-16H,4,12,14,17-18H2,1-2H3,(H,28,31). The highest BCUT2D eigenvalue weighted by molar-refractivity contribution is 7.98. The number of carbonyl (C=O) groups excluding carboxylic acids is 1. The number of thioether (sulfide) groups is 1. The van der Waals surface area contributed by atoms with E-state index in [0.29, 0.717) is 25.3 Å². The Labute approximate surface area is 203 Å². The van der Waals surface area contributed by atoms with Crippen molar-refractivity contribution in [3.05, 3.63) is 83.7 Å². The van der Waals surface area contributed by atoms with Crippen LogP contribution in [0.1, 0.15) is 27.9 Å². The molecule has 0 saturated carbocycles. The van der Waals surface area contributed by atoms with E-state index in [9.17, 15) is 4.79 Å². The van der Waals surface area contributed by atoms with Crippen LogP contribution in [-0.2, 0) is 17.0 Å². The molecular weight excluding hydrogens is 448 g/mol. The second kappa shape index (κ2) is 11.7. The van der Waals surface area contributed by atoms with Crippen LogP contribution in [0.5, 0.6) is 5.75 Å². The first kappa shape index (κ1) is 23.8. The Hall–Kier alpha value is -3.36. The number of methoxy groups -OCH3 is 2. The topological polar surface area (TPSA) is 78.3 Å². The van der Waals surface area contributed by atoms with Gasteiger partial charge in [-0.1, -0.05) is 36.0 Å². The largest absolute Gasteiger partial charge is 0.497 e. The molecule has 0 aliphatic heterocycles. The van der Waals surface area contributed by atoms with Crippen LogP contribution in [0.2, 0.25) is 0 Å². The quantitative estimate of drug-likeness (QED) is 0.253. The van der Waals surface area contributed by atoms with E-state index in [1.807, 2.05) is 54.7 Å². The summed E-state index contributed by atoms with van der Waals surface area (Å²) in [6.45, 7) is 1.86. The molecule has 2 heterocycles. The van der Waals surface area contributed by atoms with Gasteiger partial charge in [0.1, 0.15) is 5.75 Å². The van der Waals surface area contributed by atoms with E-state index in [2.05, 4.69) is 20.9 Å². The molecule has 7 nitrogen and oxygen atoms in total. The molecule has 0 aliphatic carbocycles. The van der Waals surface area contributed by atoms with Crippen LogP contribution >= 0.6 is 11.8 Å². The maximum absolute atomic E-state index is 12.3. The van der Waals surface area contributed by atoms with Gasteiger partial charge in [0.15, 0.2) is 5.16 Å². The fraction of sp³-hybridized carbons (Fsp3) is 0.269. The first-order valence-electron chi connectivity index (χ1n) is 11.1. The van der Waals surface area contributed by atoms with Crippen molar-refractivity contribution in [1.29, 1.82) is 0 Å². The van der Waals surface area contributed by atoms with Gasteiger partial charge in [0.25, 0.3) is 5.91 Å². The number of nitrogens with one attached hydrogen (secondary N) is 1. The highest BCUT2D eigenvalue weighted by atomic mass is 32.2. The van der Waals surface area contributed by atoms with Crippen LogP contribution in [-0.4, -0.2) is 47.8 Å². The second-order valence-electron chi connectivity index (χ2n) is 7.78. The molecule has 0 unspecified atom stereocenters. The van der Waals surface area contributed by atoms with Crippen molar-refractivity contribution >= 4 is 28.7 Å². The molecule has 0 aliphatic rings. The maximum atomic E-state index is 12.3. The summed E-state index contributed by atoms with van der Waals surface area (Å²) in [7, 11) is 3.33. The molecular formula is C26H28N4O3S. The lowest BCUT2D eigenvalue weighted by Gasteiger charge is -2.10. The number of nitrogens with zero attached hydrogens (tertiary/aromatic N) is 3. The highest BCUT2D eigenvalue weighted by Gasteiger charge is 2.13. The molecule has 0 bridgehead atoms. The Kier molecular flexibility index (Phi) is 8.17. The Balaban J connectivity index is 1.49. The lowest BCUT2D eigenvalue weighted by molar-refractivity contribution is 0.0948. The third kappa shape index (κ3) is 5.95. The number of aromatic nitrogens is 3. The van der Waals surface area contributed by atoms with Crippen molar-refractivity contribution in [3.63, 3.8) is 0 Å². The molecule has 4 rings (SSSR count). The first-order valence-corrected chi connectivity index (χ1v) is 12.1. The Bertz CT molecular complexity index is 1240. The fourth-order valence-corrected chi connectivity index (χ4v) is 4.54. The molecule has 0 saturated heterocycles. The zero-order valence-corrected chi connectivity index (χ0v) is 20.2. The van der Waals surface area contributed by atoms with Crippen molar-refractivity contribution < 1.29 is 14.3 Å². The number of benzene rings is 2. The number of rotatable bonds is 11. The number of carbonyl (C=O) groups is 1. The maximum Gasteiger partial charge on any atom is 0.251 e. The van der Waals surface area contributed by atoms with Gasteiger partial charge in [-0.2, -0.15) is 0 Å². The summed E-state index contributed by atoms with van der Waals surface area (Å²) in [5, 5.41) is 3.84. The molecule has 0 radical (unpaired) electrons. The summed E-state index contributed by atoms with van der Waals surface area (Å²) in [5.41, 5.74) is 4.79. The van der Waals surface area contributed by atoms with E-state index in [1.54, 1.807) is 32.2 Å². The molecule has 0 spiro atoms. The van der Waals surface area contributed by atoms with E-state index >= 15 is 0 Å². The third-order valence-electron chi connectivity index (χ3n) is 5.39. The van der Waals surface area contributed by atoms with Crippen LogP contribution in [0, 0.1) is 0 Å². The lowest BCUT2D eigenvalue weighted by Crippen LogP contribution is -2.25. The van der Waals surface area contributed by atoms with Crippen LogP contribution in [0.25, 0.3) is 11.0 Å². The summed E-state index contributed by atoms with van der Waals surface area (Å²) in [5.74, 6) is 1.55. The number of hydrogen-bond acceptors (Lipinski definition) is 6. The minimum atomic E-state index is -0.0746. The van der Waals surface area contributed by atoms with Gasteiger partial charge in [0.05, 0.1) is 30.9 Å². The van der Waals surface area contributed by atoms with E-state index in [4.69, 9.17) is 14.5 Å². The molecule has 2 aromatic carbocycles. The van der Waals surface area contributed by atoms with Crippen molar-refractivity contribution in [2.24, 2.45) is 0 Å². The molecule has 0 atom stereocenters. The van der Waals surface area contributed by atoms with Gasteiger partial charge in [-0.15, -0.1) is 0 Å². The van der Waals surface area contributed by atoms with Gasteiger partial charge in [0, 0.05) is 37.8 Å². The van der Waals surface area contributed by atoms with E-state index in [1.165, 1.54) is 5.56 Å². The van der Waals surface area contributed by atoms with E-state index < -0.39 is 0 Å². The molecule has 4 aromatic rings. The molecule has 2 aromatic heterocycles. The predicted octanol–water partition coefficient (Wildman–Crippen LogP) is 4.55. The third-order valence-corrected chi connectivity index (χ3v) is 6.43. The van der Waals surface area contributed by atoms with Crippen molar-refractivity contribution in [2.75, 3.05) is 27.4 Å². The highest BCUT2D eigenvalue weighted by Crippen LogP contribution is 2.28. The van der Waals surface area contributed by atoms with Crippen LogP contribution in [0.15, 0.2) is 72.1 Å². The minimum Gasteiger partial charge on any atom is -0.497 e. The monoisotopic (exact) mass is 476 g/mol. The fourth-order valence-electron chi connectivity index (χ4n) is 3.59. The number of imidazole rings is 1. The van der Waals surface area contributed by atoms with Gasteiger partial charge in [-0.05, 0) is 47.9 Å². The Morgan fingerprint density at radius 3 is 2.74 bits per heavy atom. The summed E-state index contributed by atoms with van der Waals surface area (Å²) in [6.07, 6.45) is 4.40. The summed E-state index contributed by atoms with van der Waals surface area (Å²) < 4.78 is 12.5. The normalized spacial score (nSPS) is 11.0. The van der Waals surface area contributed by atoms with Crippen LogP contribution in [0.3, 0.4) is 0 Å². The van der Waals surface area contributed by atoms with Crippen LogP contribution < -0.4 is 10.1 Å². The molecule has 34 heavy (non-hydrogen) atoms. The van der Waals surface area contributed by atoms with Gasteiger partial charge in [0.2, 0.25) is 0 Å². The van der Waals surface area contributed by atoms with Crippen LogP contribution in [0.4, 0.5) is 0 Å². The molecule has 1 N–H and O–H groups in total. The van der Waals surface area contributed by atoms with E-state index in [-0.39, 0.29) is 5.91 Å². The number of ether oxygens (including phenoxy) is 2. The van der Waals surface area contributed by atoms with E-state index in [0.717, 1.165) is 39.7 Å². The summed E-state index contributed by atoms with van der Waals surface area (Å²) in [4.78, 5) is 21.5. The smallest absolute Gasteiger partial charge is 0.251 e. The van der Waals surface area contributed by atoms with Gasteiger partial charge < -0.3 is 19.4 Å². The second-order valence-corrected chi connectivity index (χ2v) is 8.73. The Morgan fingerprint density at radius 2 is 1.94 bits per heavy atom. The molecule has 8 heteroatoms. The van der Waals surface area contributed by atoms with Gasteiger partial charge in [-0.25, -0.2) is 4.98 Å². The molecule has 0 fully saturated rings. The average Bonchev–Trinajstić information content (AvgIpc) is 3.23. The molecule has 176 valence electrons. The van der Waals surface area contributed by atoms with Crippen molar-refractivity contribution in [2.45, 2.75) is 23.9 Å². The lowest BCUT2D eigenvalue weighted by atomic mass is 10.1.